The van der Waals surface area contributed by atoms with Crippen molar-refractivity contribution in [1.82, 2.24) is 15.5 Å². The first-order valence-corrected chi connectivity index (χ1v) is 6.47. The van der Waals surface area contributed by atoms with Crippen LogP contribution in [-0.4, -0.2) is 35.2 Å². The first kappa shape index (κ1) is 15.4. The second kappa shape index (κ2) is 7.08. The van der Waals surface area contributed by atoms with Crippen LogP contribution in [0.5, 0.6) is 0 Å². The third-order valence-corrected chi connectivity index (χ3v) is 2.32. The normalized spacial score (nSPS) is 11.3. The zero-order valence-electron chi connectivity index (χ0n) is 12.0. The molecule has 0 unspecified atom stereocenters. The van der Waals surface area contributed by atoms with E-state index in [1.54, 1.807) is 4.90 Å². The Morgan fingerprint density at radius 2 is 2.05 bits per heavy atom. The van der Waals surface area contributed by atoms with Gasteiger partial charge in [-0.25, -0.2) is 0 Å². The summed E-state index contributed by atoms with van der Waals surface area (Å²) in [6.07, 6.45) is 0. The number of carbonyl (C=O) groups is 1. The molecule has 1 aromatic heterocycles. The lowest BCUT2D eigenvalue weighted by Crippen LogP contribution is -2.36. The predicted octanol–water partition coefficient (Wildman–Crippen LogP) is 0.515. The average Bonchev–Trinajstić information content (AvgIpc) is 2.72. The molecule has 0 saturated heterocycles. The number of anilines is 1. The Labute approximate surface area is 113 Å². The van der Waals surface area contributed by atoms with Gasteiger partial charge in [0.2, 0.25) is 11.8 Å². The molecule has 0 saturated carbocycles. The van der Waals surface area contributed by atoms with Crippen molar-refractivity contribution in [3.05, 3.63) is 5.89 Å². The van der Waals surface area contributed by atoms with Gasteiger partial charge >= 0.3 is 6.01 Å². The van der Waals surface area contributed by atoms with Crippen molar-refractivity contribution in [2.75, 3.05) is 18.0 Å². The van der Waals surface area contributed by atoms with E-state index in [0.29, 0.717) is 37.0 Å². The molecule has 0 atom stereocenters. The first-order valence-electron chi connectivity index (χ1n) is 6.47. The van der Waals surface area contributed by atoms with Crippen LogP contribution in [-0.2, 0) is 11.3 Å². The fourth-order valence-corrected chi connectivity index (χ4v) is 1.57. The van der Waals surface area contributed by atoms with Crippen LogP contribution in [0.3, 0.4) is 0 Å². The molecule has 0 spiro atoms. The standard InChI is InChI=1S/C12H23N5O2/c1-8(2)6-17(7-10(13)18)12-16-15-11(19-12)5-14-9(3)4/h8-9,14H,5-7H2,1-4H3,(H2,13,18). The van der Waals surface area contributed by atoms with Crippen molar-refractivity contribution in [1.29, 1.82) is 0 Å². The Balaban J connectivity index is 2.70. The third kappa shape index (κ3) is 5.69. The molecule has 0 aliphatic heterocycles. The van der Waals surface area contributed by atoms with Gasteiger partial charge in [0.05, 0.1) is 6.54 Å². The highest BCUT2D eigenvalue weighted by Crippen LogP contribution is 2.13. The second-order valence-corrected chi connectivity index (χ2v) is 5.25. The SMILES string of the molecule is CC(C)CN(CC(N)=O)c1nnc(CNC(C)C)o1. The molecule has 1 rings (SSSR count). The Morgan fingerprint density at radius 3 is 2.58 bits per heavy atom. The fraction of sp³-hybridized carbons (Fsp3) is 0.750. The van der Waals surface area contributed by atoms with E-state index in [1.807, 2.05) is 27.7 Å². The summed E-state index contributed by atoms with van der Waals surface area (Å²) in [5.41, 5.74) is 5.23. The van der Waals surface area contributed by atoms with Gasteiger partial charge in [-0.3, -0.25) is 4.79 Å². The van der Waals surface area contributed by atoms with E-state index < -0.39 is 5.91 Å². The molecule has 7 heteroatoms. The number of aromatic nitrogens is 2. The van der Waals surface area contributed by atoms with E-state index in [-0.39, 0.29) is 6.54 Å². The maximum atomic E-state index is 11.1. The van der Waals surface area contributed by atoms with E-state index in [2.05, 4.69) is 15.5 Å². The maximum Gasteiger partial charge on any atom is 0.318 e. The summed E-state index contributed by atoms with van der Waals surface area (Å²) in [7, 11) is 0. The smallest absolute Gasteiger partial charge is 0.318 e. The van der Waals surface area contributed by atoms with Crippen LogP contribution in [0.25, 0.3) is 0 Å². The largest absolute Gasteiger partial charge is 0.407 e. The Morgan fingerprint density at radius 1 is 1.37 bits per heavy atom. The highest BCUT2D eigenvalue weighted by Gasteiger charge is 2.17. The fourth-order valence-electron chi connectivity index (χ4n) is 1.57. The Hall–Kier alpha value is -1.63. The van der Waals surface area contributed by atoms with Crippen LogP contribution >= 0.6 is 0 Å². The van der Waals surface area contributed by atoms with Crippen LogP contribution < -0.4 is 16.0 Å². The highest BCUT2D eigenvalue weighted by atomic mass is 16.4. The zero-order valence-corrected chi connectivity index (χ0v) is 12.0. The van der Waals surface area contributed by atoms with E-state index in [4.69, 9.17) is 10.2 Å². The molecular weight excluding hydrogens is 246 g/mol. The molecule has 19 heavy (non-hydrogen) atoms. The molecule has 1 heterocycles. The highest BCUT2D eigenvalue weighted by molar-refractivity contribution is 5.78. The number of nitrogens with two attached hydrogens (primary N) is 1. The van der Waals surface area contributed by atoms with Crippen molar-refractivity contribution in [3.8, 4) is 0 Å². The van der Waals surface area contributed by atoms with Crippen molar-refractivity contribution in [3.63, 3.8) is 0 Å². The number of primary amides is 1. The number of amides is 1. The molecule has 108 valence electrons. The molecule has 0 bridgehead atoms. The number of nitrogens with one attached hydrogen (secondary N) is 1. The van der Waals surface area contributed by atoms with Gasteiger partial charge in [-0.15, -0.1) is 5.10 Å². The van der Waals surface area contributed by atoms with E-state index >= 15 is 0 Å². The quantitative estimate of drug-likeness (QED) is 0.714. The molecule has 0 aliphatic carbocycles. The topological polar surface area (TPSA) is 97.3 Å². The summed E-state index contributed by atoms with van der Waals surface area (Å²) in [6, 6.07) is 0.681. The summed E-state index contributed by atoms with van der Waals surface area (Å²) < 4.78 is 5.53. The van der Waals surface area contributed by atoms with Gasteiger partial charge in [-0.1, -0.05) is 32.8 Å². The van der Waals surface area contributed by atoms with Crippen molar-refractivity contribution in [2.45, 2.75) is 40.3 Å². The van der Waals surface area contributed by atoms with Gasteiger partial charge in [-0.05, 0) is 5.92 Å². The van der Waals surface area contributed by atoms with Gasteiger partial charge in [0, 0.05) is 12.6 Å². The van der Waals surface area contributed by atoms with Crippen molar-refractivity contribution < 1.29 is 9.21 Å². The minimum atomic E-state index is -0.416. The van der Waals surface area contributed by atoms with E-state index in [0.717, 1.165) is 0 Å². The maximum absolute atomic E-state index is 11.1. The molecule has 1 amide bonds. The Bertz CT molecular complexity index is 403. The minimum absolute atomic E-state index is 0.0808. The number of nitrogens with zero attached hydrogens (tertiary/aromatic N) is 3. The molecule has 1 aromatic rings. The van der Waals surface area contributed by atoms with E-state index in [1.165, 1.54) is 0 Å². The lowest BCUT2D eigenvalue weighted by molar-refractivity contribution is -0.116. The summed E-state index contributed by atoms with van der Waals surface area (Å²) in [5, 5.41) is 11.1. The molecule has 0 fully saturated rings. The predicted molar refractivity (Wildman–Crippen MR) is 72.5 cm³/mol. The number of hydrogen-bond donors (Lipinski definition) is 2. The number of carbonyl (C=O) groups excluding carboxylic acids is 1. The number of rotatable bonds is 8. The van der Waals surface area contributed by atoms with Crippen LogP contribution in [0.1, 0.15) is 33.6 Å². The van der Waals surface area contributed by atoms with Gasteiger partial charge in [-0.2, -0.15) is 0 Å². The summed E-state index contributed by atoms with van der Waals surface area (Å²) in [5.74, 6) is 0.450. The first-order chi connectivity index (χ1) is 8.88. The molecule has 0 aliphatic rings. The molecule has 0 aromatic carbocycles. The number of hydrogen-bond acceptors (Lipinski definition) is 6. The lowest BCUT2D eigenvalue weighted by atomic mass is 10.2. The molecular formula is C12H23N5O2. The van der Waals surface area contributed by atoms with Gasteiger partial charge in [0.1, 0.15) is 6.54 Å². The molecule has 7 nitrogen and oxygen atoms in total. The van der Waals surface area contributed by atoms with Crippen molar-refractivity contribution in [2.24, 2.45) is 11.7 Å². The van der Waals surface area contributed by atoms with Gasteiger partial charge < -0.3 is 20.4 Å². The summed E-state index contributed by atoms with van der Waals surface area (Å²) in [4.78, 5) is 12.8. The molecule has 3 N–H and O–H groups in total. The van der Waals surface area contributed by atoms with Gasteiger partial charge in [0.15, 0.2) is 0 Å². The zero-order chi connectivity index (χ0) is 14.4. The van der Waals surface area contributed by atoms with Crippen LogP contribution in [0.4, 0.5) is 6.01 Å². The second-order valence-electron chi connectivity index (χ2n) is 5.25. The Kier molecular flexibility index (Phi) is 5.75. The van der Waals surface area contributed by atoms with E-state index in [9.17, 15) is 4.79 Å². The van der Waals surface area contributed by atoms with Crippen molar-refractivity contribution >= 4 is 11.9 Å². The summed E-state index contributed by atoms with van der Waals surface area (Å²) in [6.45, 7) is 9.40. The lowest BCUT2D eigenvalue weighted by Gasteiger charge is -2.20. The van der Waals surface area contributed by atoms with Crippen LogP contribution in [0.15, 0.2) is 4.42 Å². The van der Waals surface area contributed by atoms with Crippen LogP contribution in [0, 0.1) is 5.92 Å². The minimum Gasteiger partial charge on any atom is -0.407 e. The summed E-state index contributed by atoms with van der Waals surface area (Å²) >= 11 is 0. The van der Waals surface area contributed by atoms with Crippen LogP contribution in [0.2, 0.25) is 0 Å². The monoisotopic (exact) mass is 269 g/mol. The third-order valence-electron chi connectivity index (χ3n) is 2.32. The average molecular weight is 269 g/mol. The molecule has 0 radical (unpaired) electrons. The van der Waals surface area contributed by atoms with Gasteiger partial charge in [0.25, 0.3) is 0 Å².